The Bertz CT molecular complexity index is 153. The van der Waals surface area contributed by atoms with Crippen LogP contribution in [0.25, 0.3) is 0 Å². The predicted octanol–water partition coefficient (Wildman–Crippen LogP) is 1.72. The summed E-state index contributed by atoms with van der Waals surface area (Å²) in [6, 6.07) is 0.682. The van der Waals surface area contributed by atoms with Crippen LogP contribution in [0.2, 0.25) is 0 Å². The zero-order valence-corrected chi connectivity index (χ0v) is 10.5. The molecule has 1 saturated heterocycles. The van der Waals surface area contributed by atoms with Gasteiger partial charge in [-0.05, 0) is 11.8 Å². The summed E-state index contributed by atoms with van der Waals surface area (Å²) in [6.07, 6.45) is 1.24. The highest BCUT2D eigenvalue weighted by atomic mass is 32.2. The van der Waals surface area contributed by atoms with E-state index in [2.05, 4.69) is 43.2 Å². The van der Waals surface area contributed by atoms with Crippen molar-refractivity contribution >= 4 is 11.8 Å². The topological polar surface area (TPSA) is 24.1 Å². The highest BCUT2D eigenvalue weighted by Crippen LogP contribution is 2.17. The molecule has 2 N–H and O–H groups in total. The molecule has 0 aromatic carbocycles. The molecule has 1 atom stereocenters. The van der Waals surface area contributed by atoms with Crippen molar-refractivity contribution in [3.63, 3.8) is 0 Å². The monoisotopic (exact) mass is 216 g/mol. The summed E-state index contributed by atoms with van der Waals surface area (Å²) in [4.78, 5) is 0. The number of thioether (sulfide) groups is 1. The molecule has 0 saturated carbocycles. The fourth-order valence-electron chi connectivity index (χ4n) is 1.46. The molecule has 0 aromatic heterocycles. The molecule has 84 valence electrons. The molecule has 0 spiro atoms. The zero-order valence-electron chi connectivity index (χ0n) is 9.73. The average Bonchev–Trinajstić information content (AvgIpc) is 2.19. The van der Waals surface area contributed by atoms with Crippen LogP contribution in [-0.2, 0) is 0 Å². The van der Waals surface area contributed by atoms with Gasteiger partial charge in [-0.25, -0.2) is 0 Å². The van der Waals surface area contributed by atoms with Gasteiger partial charge in [-0.15, -0.1) is 0 Å². The van der Waals surface area contributed by atoms with Gasteiger partial charge in [0.05, 0.1) is 0 Å². The van der Waals surface area contributed by atoms with Crippen molar-refractivity contribution in [1.82, 2.24) is 10.6 Å². The third kappa shape index (κ3) is 4.67. The van der Waals surface area contributed by atoms with E-state index in [1.165, 1.54) is 24.5 Å². The minimum atomic E-state index is 0.446. The van der Waals surface area contributed by atoms with Crippen LogP contribution >= 0.6 is 11.8 Å². The van der Waals surface area contributed by atoms with Crippen LogP contribution in [0.15, 0.2) is 0 Å². The molecule has 1 unspecified atom stereocenters. The Morgan fingerprint density at radius 1 is 1.50 bits per heavy atom. The number of rotatable bonds is 5. The summed E-state index contributed by atoms with van der Waals surface area (Å²) >= 11 is 2.06. The average molecular weight is 216 g/mol. The Morgan fingerprint density at radius 3 is 2.86 bits per heavy atom. The SMILES string of the molecule is CCC(C)(C)CNCC1CSCCN1. The molecule has 1 fully saturated rings. The van der Waals surface area contributed by atoms with Gasteiger partial charge in [-0.3, -0.25) is 0 Å². The molecule has 0 aromatic rings. The number of nitrogens with one attached hydrogen (secondary N) is 2. The van der Waals surface area contributed by atoms with E-state index in [9.17, 15) is 0 Å². The molecule has 0 radical (unpaired) electrons. The summed E-state index contributed by atoms with van der Waals surface area (Å²) < 4.78 is 0. The summed E-state index contributed by atoms with van der Waals surface area (Å²) in [5.41, 5.74) is 0.446. The van der Waals surface area contributed by atoms with Crippen LogP contribution in [0, 0.1) is 5.41 Å². The van der Waals surface area contributed by atoms with E-state index in [0.29, 0.717) is 11.5 Å². The fraction of sp³-hybridized carbons (Fsp3) is 1.00. The van der Waals surface area contributed by atoms with E-state index in [4.69, 9.17) is 0 Å². The number of hydrogen-bond donors (Lipinski definition) is 2. The van der Waals surface area contributed by atoms with Gasteiger partial charge in [0.1, 0.15) is 0 Å². The zero-order chi connectivity index (χ0) is 10.4. The van der Waals surface area contributed by atoms with E-state index >= 15 is 0 Å². The van der Waals surface area contributed by atoms with Crippen LogP contribution in [-0.4, -0.2) is 37.2 Å². The minimum absolute atomic E-state index is 0.446. The fourth-order valence-corrected chi connectivity index (χ4v) is 2.41. The van der Waals surface area contributed by atoms with E-state index in [1.54, 1.807) is 0 Å². The van der Waals surface area contributed by atoms with Gasteiger partial charge in [0, 0.05) is 37.2 Å². The minimum Gasteiger partial charge on any atom is -0.315 e. The van der Waals surface area contributed by atoms with Crippen molar-refractivity contribution in [2.45, 2.75) is 33.2 Å². The van der Waals surface area contributed by atoms with Gasteiger partial charge in [-0.1, -0.05) is 20.8 Å². The molecular weight excluding hydrogens is 192 g/mol. The van der Waals surface area contributed by atoms with Crippen molar-refractivity contribution in [2.75, 3.05) is 31.1 Å². The van der Waals surface area contributed by atoms with E-state index in [1.807, 2.05) is 0 Å². The van der Waals surface area contributed by atoms with Gasteiger partial charge in [0.2, 0.25) is 0 Å². The maximum absolute atomic E-state index is 3.57. The lowest BCUT2D eigenvalue weighted by Crippen LogP contribution is -2.46. The molecule has 1 rings (SSSR count). The third-order valence-corrected chi connectivity index (χ3v) is 4.08. The Hall–Kier alpha value is 0.270. The third-order valence-electron chi connectivity index (χ3n) is 2.95. The Labute approximate surface area is 92.6 Å². The normalized spacial score (nSPS) is 23.8. The van der Waals surface area contributed by atoms with Crippen molar-refractivity contribution in [2.24, 2.45) is 5.41 Å². The molecule has 0 amide bonds. The van der Waals surface area contributed by atoms with E-state index in [-0.39, 0.29) is 0 Å². The Morgan fingerprint density at radius 2 is 2.29 bits per heavy atom. The van der Waals surface area contributed by atoms with Crippen LogP contribution in [0.4, 0.5) is 0 Å². The van der Waals surface area contributed by atoms with Gasteiger partial charge in [0.15, 0.2) is 0 Å². The molecule has 3 heteroatoms. The second kappa shape index (κ2) is 5.99. The van der Waals surface area contributed by atoms with Crippen molar-refractivity contribution in [3.05, 3.63) is 0 Å². The first kappa shape index (κ1) is 12.3. The van der Waals surface area contributed by atoms with Crippen molar-refractivity contribution in [1.29, 1.82) is 0 Å². The van der Waals surface area contributed by atoms with E-state index < -0.39 is 0 Å². The van der Waals surface area contributed by atoms with Crippen LogP contribution in [0.1, 0.15) is 27.2 Å². The Balaban J connectivity index is 2.08. The number of hydrogen-bond acceptors (Lipinski definition) is 3. The van der Waals surface area contributed by atoms with Gasteiger partial charge < -0.3 is 10.6 Å². The molecular formula is C11H24N2S. The lowest BCUT2D eigenvalue weighted by atomic mass is 9.90. The summed E-state index contributed by atoms with van der Waals surface area (Å²) in [7, 11) is 0. The maximum atomic E-state index is 3.57. The van der Waals surface area contributed by atoms with Crippen LogP contribution in [0.3, 0.4) is 0 Å². The van der Waals surface area contributed by atoms with Gasteiger partial charge in [0.25, 0.3) is 0 Å². The Kier molecular flexibility index (Phi) is 5.28. The molecule has 14 heavy (non-hydrogen) atoms. The molecule has 1 aliphatic heterocycles. The van der Waals surface area contributed by atoms with Gasteiger partial charge >= 0.3 is 0 Å². The summed E-state index contributed by atoms with van der Waals surface area (Å²) in [5.74, 6) is 2.54. The molecule has 0 bridgehead atoms. The smallest absolute Gasteiger partial charge is 0.0283 e. The lowest BCUT2D eigenvalue weighted by Gasteiger charge is -2.27. The molecule has 0 aliphatic carbocycles. The standard InChI is InChI=1S/C11H24N2S/c1-4-11(2,3)9-12-7-10-8-14-6-5-13-10/h10,12-13H,4-9H2,1-3H3. The summed E-state index contributed by atoms with van der Waals surface area (Å²) in [6.45, 7) is 10.3. The first-order valence-corrected chi connectivity index (χ1v) is 6.81. The quantitative estimate of drug-likeness (QED) is 0.732. The lowest BCUT2D eigenvalue weighted by molar-refractivity contribution is 0.321. The summed E-state index contributed by atoms with van der Waals surface area (Å²) in [5, 5.41) is 7.11. The first-order chi connectivity index (χ1) is 6.64. The molecule has 2 nitrogen and oxygen atoms in total. The second-order valence-electron chi connectivity index (χ2n) is 4.87. The molecule has 1 heterocycles. The van der Waals surface area contributed by atoms with Crippen LogP contribution in [0.5, 0.6) is 0 Å². The predicted molar refractivity (Wildman–Crippen MR) is 66.1 cm³/mol. The highest BCUT2D eigenvalue weighted by molar-refractivity contribution is 7.99. The van der Waals surface area contributed by atoms with Crippen LogP contribution < -0.4 is 10.6 Å². The highest BCUT2D eigenvalue weighted by Gasteiger charge is 2.16. The van der Waals surface area contributed by atoms with Gasteiger partial charge in [-0.2, -0.15) is 11.8 Å². The van der Waals surface area contributed by atoms with E-state index in [0.717, 1.165) is 13.1 Å². The molecule has 1 aliphatic rings. The van der Waals surface area contributed by atoms with Crippen molar-refractivity contribution < 1.29 is 0 Å². The van der Waals surface area contributed by atoms with Crippen molar-refractivity contribution in [3.8, 4) is 0 Å². The largest absolute Gasteiger partial charge is 0.315 e. The second-order valence-corrected chi connectivity index (χ2v) is 6.02. The maximum Gasteiger partial charge on any atom is 0.0283 e. The first-order valence-electron chi connectivity index (χ1n) is 5.66.